The number of benzene rings is 1. The number of aromatic nitrogens is 2. The van der Waals surface area contributed by atoms with Crippen molar-refractivity contribution in [3.8, 4) is 0 Å². The summed E-state index contributed by atoms with van der Waals surface area (Å²) in [6, 6.07) is 4.95. The number of rotatable bonds is 3. The maximum atomic E-state index is 11.9. The first-order valence-electron chi connectivity index (χ1n) is 6.32. The molecule has 0 bridgehead atoms. The van der Waals surface area contributed by atoms with Crippen LogP contribution in [0.25, 0.3) is 10.9 Å². The van der Waals surface area contributed by atoms with Gasteiger partial charge in [0.2, 0.25) is 11.9 Å². The van der Waals surface area contributed by atoms with E-state index in [0.29, 0.717) is 41.4 Å². The monoisotopic (exact) mass is 292 g/mol. The second kappa shape index (κ2) is 5.13. The number of nitrogens with zero attached hydrogens (tertiary/aromatic N) is 1. The zero-order valence-corrected chi connectivity index (χ0v) is 11.3. The van der Waals surface area contributed by atoms with Gasteiger partial charge in [-0.3, -0.25) is 14.6 Å². The highest BCUT2D eigenvalue weighted by Gasteiger charge is 2.21. The van der Waals surface area contributed by atoms with Gasteiger partial charge in [0.05, 0.1) is 10.9 Å². The van der Waals surface area contributed by atoms with Gasteiger partial charge in [0, 0.05) is 30.5 Å². The fraction of sp³-hybridized carbons (Fsp3) is 0.308. The molecule has 3 N–H and O–H groups in total. The Labute approximate surface area is 119 Å². The Kier molecular flexibility index (Phi) is 3.31. The summed E-state index contributed by atoms with van der Waals surface area (Å²) in [5, 5.41) is 6.86. The smallest absolute Gasteiger partial charge is 0.260 e. The van der Waals surface area contributed by atoms with Gasteiger partial charge in [0.25, 0.3) is 5.56 Å². The van der Waals surface area contributed by atoms with Gasteiger partial charge in [-0.05, 0) is 18.2 Å². The quantitative estimate of drug-likeness (QED) is 0.791. The molecule has 0 radical (unpaired) electrons. The van der Waals surface area contributed by atoms with E-state index < -0.39 is 0 Å². The highest BCUT2D eigenvalue weighted by atomic mass is 35.5. The Bertz CT molecular complexity index is 728. The van der Waals surface area contributed by atoms with E-state index in [9.17, 15) is 9.59 Å². The van der Waals surface area contributed by atoms with Crippen LogP contribution in [-0.4, -0.2) is 29.0 Å². The number of H-pyrrole nitrogens is 1. The van der Waals surface area contributed by atoms with Crippen LogP contribution in [0.15, 0.2) is 23.0 Å². The van der Waals surface area contributed by atoms with E-state index in [4.69, 9.17) is 11.6 Å². The number of anilines is 1. The molecule has 1 saturated heterocycles. The maximum Gasteiger partial charge on any atom is 0.260 e. The zero-order valence-electron chi connectivity index (χ0n) is 10.6. The largest absolute Gasteiger partial charge is 0.356 e. The molecule has 1 atom stereocenters. The van der Waals surface area contributed by atoms with Crippen LogP contribution >= 0.6 is 11.6 Å². The fourth-order valence-corrected chi connectivity index (χ4v) is 2.41. The summed E-state index contributed by atoms with van der Waals surface area (Å²) >= 11 is 5.90. The molecule has 1 aromatic heterocycles. The molecule has 1 fully saturated rings. The summed E-state index contributed by atoms with van der Waals surface area (Å²) in [4.78, 5) is 30.0. The minimum atomic E-state index is -0.213. The van der Waals surface area contributed by atoms with Crippen LogP contribution in [0.5, 0.6) is 0 Å². The van der Waals surface area contributed by atoms with E-state index in [1.165, 1.54) is 0 Å². The summed E-state index contributed by atoms with van der Waals surface area (Å²) in [6.07, 6.45) is 0.497. The lowest BCUT2D eigenvalue weighted by Crippen LogP contribution is -2.20. The molecule has 1 amide bonds. The van der Waals surface area contributed by atoms with Gasteiger partial charge in [-0.25, -0.2) is 4.98 Å². The average Bonchev–Trinajstić information content (AvgIpc) is 2.82. The topological polar surface area (TPSA) is 86.9 Å². The zero-order chi connectivity index (χ0) is 14.1. The Hall–Kier alpha value is -2.08. The minimum absolute atomic E-state index is 0.0588. The molecule has 1 unspecified atom stereocenters. The molecule has 0 spiro atoms. The molecule has 0 aliphatic carbocycles. The van der Waals surface area contributed by atoms with Gasteiger partial charge in [0.1, 0.15) is 0 Å². The van der Waals surface area contributed by atoms with E-state index >= 15 is 0 Å². The van der Waals surface area contributed by atoms with E-state index in [-0.39, 0.29) is 17.4 Å². The lowest BCUT2D eigenvalue weighted by Gasteiger charge is -2.10. The molecule has 3 rings (SSSR count). The number of carbonyl (C=O) groups excluding carboxylic acids is 1. The number of fused-ring (bicyclic) bond motifs is 1. The first-order valence-corrected chi connectivity index (χ1v) is 6.70. The molecule has 1 aliphatic rings. The van der Waals surface area contributed by atoms with Crippen molar-refractivity contribution in [2.75, 3.05) is 18.4 Å². The number of carbonyl (C=O) groups is 1. The Balaban J connectivity index is 1.81. The number of nitrogens with one attached hydrogen (secondary N) is 3. The van der Waals surface area contributed by atoms with Gasteiger partial charge in [0.15, 0.2) is 0 Å². The molecule has 1 aliphatic heterocycles. The molecule has 0 saturated carbocycles. The van der Waals surface area contributed by atoms with Crippen LogP contribution in [0.1, 0.15) is 6.42 Å². The van der Waals surface area contributed by atoms with Crippen LogP contribution in [0, 0.1) is 5.92 Å². The standard InChI is InChI=1S/C13H13ClN4O2/c14-8-1-2-9-10(4-8)17-13(18-12(9)20)16-6-7-3-11(19)15-5-7/h1-2,4,7H,3,5-6H2,(H,15,19)(H2,16,17,18,20). The molecule has 2 heterocycles. The first-order chi connectivity index (χ1) is 9.61. The van der Waals surface area contributed by atoms with Gasteiger partial charge >= 0.3 is 0 Å². The third-order valence-corrected chi connectivity index (χ3v) is 3.52. The van der Waals surface area contributed by atoms with Crippen molar-refractivity contribution in [2.24, 2.45) is 5.92 Å². The number of hydrogen-bond acceptors (Lipinski definition) is 4. The van der Waals surface area contributed by atoms with Crippen molar-refractivity contribution in [3.63, 3.8) is 0 Å². The van der Waals surface area contributed by atoms with Crippen LogP contribution in [-0.2, 0) is 4.79 Å². The summed E-state index contributed by atoms with van der Waals surface area (Å²) in [5.41, 5.74) is 0.333. The van der Waals surface area contributed by atoms with Gasteiger partial charge < -0.3 is 10.6 Å². The van der Waals surface area contributed by atoms with Gasteiger partial charge in [-0.2, -0.15) is 0 Å². The van der Waals surface area contributed by atoms with Crippen molar-refractivity contribution < 1.29 is 4.79 Å². The second-order valence-corrected chi connectivity index (χ2v) is 5.27. The molecule has 2 aromatic rings. The molecular weight excluding hydrogens is 280 g/mol. The predicted octanol–water partition coefficient (Wildman–Crippen LogP) is 1.12. The Morgan fingerprint density at radius 3 is 3.00 bits per heavy atom. The van der Waals surface area contributed by atoms with Crippen LogP contribution in [0.3, 0.4) is 0 Å². The molecule has 104 valence electrons. The van der Waals surface area contributed by atoms with Crippen molar-refractivity contribution in [3.05, 3.63) is 33.6 Å². The van der Waals surface area contributed by atoms with Crippen molar-refractivity contribution in [1.29, 1.82) is 0 Å². The molecular formula is C13H13ClN4O2. The Morgan fingerprint density at radius 1 is 1.40 bits per heavy atom. The lowest BCUT2D eigenvalue weighted by molar-refractivity contribution is -0.119. The average molecular weight is 293 g/mol. The van der Waals surface area contributed by atoms with E-state index in [1.807, 2.05) is 0 Å². The maximum absolute atomic E-state index is 11.9. The van der Waals surface area contributed by atoms with Gasteiger partial charge in [-0.1, -0.05) is 11.6 Å². The summed E-state index contributed by atoms with van der Waals surface area (Å²) in [7, 11) is 0. The summed E-state index contributed by atoms with van der Waals surface area (Å²) in [5.74, 6) is 0.663. The van der Waals surface area contributed by atoms with Crippen LogP contribution in [0.2, 0.25) is 5.02 Å². The Morgan fingerprint density at radius 2 is 2.25 bits per heavy atom. The lowest BCUT2D eigenvalue weighted by atomic mass is 10.1. The van der Waals surface area contributed by atoms with Crippen molar-refractivity contribution in [2.45, 2.75) is 6.42 Å². The first kappa shape index (κ1) is 12.9. The SMILES string of the molecule is O=C1CC(CNc2nc3cc(Cl)ccc3c(=O)[nH]2)CN1. The predicted molar refractivity (Wildman–Crippen MR) is 77.0 cm³/mol. The van der Waals surface area contributed by atoms with E-state index in [0.717, 1.165) is 0 Å². The number of aromatic amines is 1. The third kappa shape index (κ3) is 2.60. The molecule has 1 aromatic carbocycles. The van der Waals surface area contributed by atoms with Crippen LogP contribution in [0.4, 0.5) is 5.95 Å². The van der Waals surface area contributed by atoms with Crippen molar-refractivity contribution in [1.82, 2.24) is 15.3 Å². The summed E-state index contributed by atoms with van der Waals surface area (Å²) < 4.78 is 0. The highest BCUT2D eigenvalue weighted by Crippen LogP contribution is 2.16. The minimum Gasteiger partial charge on any atom is -0.356 e. The van der Waals surface area contributed by atoms with Crippen molar-refractivity contribution >= 4 is 34.4 Å². The normalized spacial score (nSPS) is 18.2. The van der Waals surface area contributed by atoms with Crippen LogP contribution < -0.4 is 16.2 Å². The molecule has 7 heteroatoms. The highest BCUT2D eigenvalue weighted by molar-refractivity contribution is 6.31. The summed E-state index contributed by atoms with van der Waals surface area (Å²) in [6.45, 7) is 1.23. The number of halogens is 1. The van der Waals surface area contributed by atoms with Gasteiger partial charge in [-0.15, -0.1) is 0 Å². The second-order valence-electron chi connectivity index (χ2n) is 4.83. The molecule has 20 heavy (non-hydrogen) atoms. The van der Waals surface area contributed by atoms with E-state index in [1.54, 1.807) is 18.2 Å². The fourth-order valence-electron chi connectivity index (χ4n) is 2.25. The van der Waals surface area contributed by atoms with E-state index in [2.05, 4.69) is 20.6 Å². The number of amides is 1. The molecule has 6 nitrogen and oxygen atoms in total. The third-order valence-electron chi connectivity index (χ3n) is 3.29. The number of hydrogen-bond donors (Lipinski definition) is 3.